The predicted molar refractivity (Wildman–Crippen MR) is 80.9 cm³/mol. The Labute approximate surface area is 125 Å². The van der Waals surface area contributed by atoms with E-state index < -0.39 is 21.9 Å². The van der Waals surface area contributed by atoms with Gasteiger partial charge in [-0.05, 0) is 42.4 Å². The second kappa shape index (κ2) is 5.67. The van der Waals surface area contributed by atoms with E-state index >= 15 is 0 Å². The molecule has 0 bridgehead atoms. The number of carboxylic acids is 1. The molecule has 0 saturated heterocycles. The molecule has 0 heterocycles. The number of carbonyl (C=O) groups is 1. The number of aliphatic carboxylic acids is 1. The van der Waals surface area contributed by atoms with Gasteiger partial charge in [0.1, 0.15) is 0 Å². The van der Waals surface area contributed by atoms with Crippen molar-refractivity contribution in [2.24, 2.45) is 17.8 Å². The zero-order chi connectivity index (χ0) is 15.8. The quantitative estimate of drug-likeness (QED) is 0.842. The molecule has 0 aliphatic heterocycles. The van der Waals surface area contributed by atoms with Gasteiger partial charge < -0.3 is 5.11 Å². The van der Waals surface area contributed by atoms with Gasteiger partial charge in [0.05, 0.1) is 12.2 Å². The Hall–Kier alpha value is -1.56. The molecule has 0 aromatic heterocycles. The molecule has 1 fully saturated rings. The molecule has 0 spiro atoms. The number of hydrogen-bond acceptors (Lipinski definition) is 3. The third kappa shape index (κ3) is 3.97. The van der Waals surface area contributed by atoms with Crippen LogP contribution in [0.5, 0.6) is 0 Å². The molecule has 3 unspecified atom stereocenters. The average Bonchev–Trinajstić information content (AvgIpc) is 3.10. The van der Waals surface area contributed by atoms with Crippen molar-refractivity contribution in [1.29, 1.82) is 0 Å². The molecule has 0 radical (unpaired) electrons. The molecule has 0 aromatic rings. The summed E-state index contributed by atoms with van der Waals surface area (Å²) < 4.78 is 24.4. The molecule has 2 rings (SSSR count). The highest BCUT2D eigenvalue weighted by Crippen LogP contribution is 2.39. The van der Waals surface area contributed by atoms with Crippen LogP contribution in [0.25, 0.3) is 0 Å². The second-order valence-corrected chi connectivity index (χ2v) is 7.94. The maximum Gasteiger partial charge on any atom is 0.310 e. The molecular weight excluding hydrogens is 290 g/mol. The number of sulfonamides is 1. The summed E-state index contributed by atoms with van der Waals surface area (Å²) in [6, 6.07) is 0. The fraction of sp³-hybridized carbons (Fsp3) is 0.533. The topological polar surface area (TPSA) is 74.7 Å². The van der Waals surface area contributed by atoms with E-state index in [-0.39, 0.29) is 0 Å². The summed E-state index contributed by atoms with van der Waals surface area (Å²) >= 11 is 0. The number of carboxylic acid groups (broad SMARTS) is 1. The Morgan fingerprint density at radius 2 is 2.10 bits per heavy atom. The van der Waals surface area contributed by atoms with Crippen LogP contribution < -0.4 is 0 Å². The summed E-state index contributed by atoms with van der Waals surface area (Å²) in [7, 11) is -1.96. The first-order valence-electron chi connectivity index (χ1n) is 6.96. The molecular formula is C15H21NO4S. The van der Waals surface area contributed by atoms with E-state index in [1.165, 1.54) is 13.1 Å². The van der Waals surface area contributed by atoms with E-state index in [9.17, 15) is 18.3 Å². The van der Waals surface area contributed by atoms with Crippen LogP contribution in [0.1, 0.15) is 19.8 Å². The Bertz CT molecular complexity index is 630. The maximum atomic E-state index is 11.6. The summed E-state index contributed by atoms with van der Waals surface area (Å²) in [4.78, 5) is 11.3. The van der Waals surface area contributed by atoms with Gasteiger partial charge in [-0.15, -0.1) is 0 Å². The van der Waals surface area contributed by atoms with Crippen LogP contribution >= 0.6 is 0 Å². The Balaban J connectivity index is 2.25. The normalized spacial score (nSPS) is 29.0. The van der Waals surface area contributed by atoms with Crippen molar-refractivity contribution < 1.29 is 18.3 Å². The largest absolute Gasteiger partial charge is 0.481 e. The molecule has 2 aliphatic rings. The number of nitrogens with zero attached hydrogens (tertiary/aromatic N) is 1. The zero-order valence-electron chi connectivity index (χ0n) is 12.5. The monoisotopic (exact) mass is 311 g/mol. The van der Waals surface area contributed by atoms with E-state index in [1.54, 1.807) is 6.08 Å². The van der Waals surface area contributed by atoms with Gasteiger partial charge in [-0.3, -0.25) is 9.10 Å². The van der Waals surface area contributed by atoms with Crippen LogP contribution in [0, 0.1) is 17.8 Å². The fourth-order valence-corrected chi connectivity index (χ4v) is 2.84. The Morgan fingerprint density at radius 1 is 1.48 bits per heavy atom. The molecule has 2 aliphatic carbocycles. The van der Waals surface area contributed by atoms with Crippen LogP contribution in [-0.4, -0.2) is 37.1 Å². The van der Waals surface area contributed by atoms with E-state index in [1.807, 2.05) is 6.08 Å². The maximum absolute atomic E-state index is 11.6. The third-order valence-electron chi connectivity index (χ3n) is 4.07. The van der Waals surface area contributed by atoms with Crippen molar-refractivity contribution >= 4 is 16.0 Å². The molecule has 6 heteroatoms. The van der Waals surface area contributed by atoms with Crippen molar-refractivity contribution in [3.63, 3.8) is 0 Å². The fourth-order valence-electron chi connectivity index (χ4n) is 2.34. The summed E-state index contributed by atoms with van der Waals surface area (Å²) in [6.45, 7) is 2.17. The smallest absolute Gasteiger partial charge is 0.310 e. The molecule has 5 nitrogen and oxygen atoms in total. The second-order valence-electron chi connectivity index (χ2n) is 5.93. The number of rotatable bonds is 5. The SMILES string of the molecule is CC1CC1/C=C\C1=CC(N(C)S(C)(=O)=O)=CC(C(=O)O)C1. The lowest BCUT2D eigenvalue weighted by atomic mass is 9.92. The van der Waals surface area contributed by atoms with Gasteiger partial charge in [-0.2, -0.15) is 0 Å². The van der Waals surface area contributed by atoms with E-state index in [0.717, 1.165) is 22.6 Å². The van der Waals surface area contributed by atoms with Gasteiger partial charge in [0.25, 0.3) is 0 Å². The lowest BCUT2D eigenvalue weighted by Crippen LogP contribution is -2.27. The van der Waals surface area contributed by atoms with Gasteiger partial charge in [0.2, 0.25) is 10.0 Å². The first kappa shape index (κ1) is 15.8. The molecule has 1 saturated carbocycles. The Morgan fingerprint density at radius 3 is 2.57 bits per heavy atom. The first-order chi connectivity index (χ1) is 9.68. The van der Waals surface area contributed by atoms with Crippen molar-refractivity contribution in [1.82, 2.24) is 4.31 Å². The van der Waals surface area contributed by atoms with Gasteiger partial charge in [0.15, 0.2) is 0 Å². The summed E-state index contributed by atoms with van der Waals surface area (Å²) in [5.74, 6) is -0.371. The molecule has 3 atom stereocenters. The first-order valence-corrected chi connectivity index (χ1v) is 8.80. The van der Waals surface area contributed by atoms with Crippen LogP contribution in [0.15, 0.2) is 35.6 Å². The summed E-state index contributed by atoms with van der Waals surface area (Å²) in [5, 5.41) is 9.23. The molecule has 116 valence electrons. The van der Waals surface area contributed by atoms with Gasteiger partial charge in [-0.1, -0.05) is 19.1 Å². The van der Waals surface area contributed by atoms with E-state index in [2.05, 4.69) is 13.0 Å². The van der Waals surface area contributed by atoms with Crippen molar-refractivity contribution in [2.45, 2.75) is 19.8 Å². The minimum Gasteiger partial charge on any atom is -0.481 e. The summed E-state index contributed by atoms with van der Waals surface area (Å²) in [6.07, 6.45) is 9.95. The number of hydrogen-bond donors (Lipinski definition) is 1. The highest BCUT2D eigenvalue weighted by atomic mass is 32.2. The van der Waals surface area contributed by atoms with E-state index in [4.69, 9.17) is 0 Å². The van der Waals surface area contributed by atoms with E-state index in [0.29, 0.717) is 24.0 Å². The van der Waals surface area contributed by atoms with Gasteiger partial charge in [0, 0.05) is 12.7 Å². The van der Waals surface area contributed by atoms with Crippen LogP contribution in [0.2, 0.25) is 0 Å². The van der Waals surface area contributed by atoms with Crippen LogP contribution in [-0.2, 0) is 14.8 Å². The van der Waals surface area contributed by atoms with Crippen LogP contribution in [0.3, 0.4) is 0 Å². The minimum absolute atomic E-state index is 0.397. The lowest BCUT2D eigenvalue weighted by Gasteiger charge is -2.24. The van der Waals surface area contributed by atoms with Crippen molar-refractivity contribution in [2.75, 3.05) is 13.3 Å². The molecule has 0 amide bonds. The average molecular weight is 311 g/mol. The standard InChI is InChI=1S/C15H21NO4S/c1-10-6-12(10)5-4-11-7-13(15(17)18)9-14(8-11)16(2)21(3,19)20/h4-5,8-10,12-13H,6-7H2,1-3H3,(H,17,18)/b5-4-. The Kier molecular flexibility index (Phi) is 4.27. The van der Waals surface area contributed by atoms with Crippen molar-refractivity contribution in [3.8, 4) is 0 Å². The molecule has 0 aromatic carbocycles. The summed E-state index contributed by atoms with van der Waals surface area (Å²) in [5.41, 5.74) is 1.27. The predicted octanol–water partition coefficient (Wildman–Crippen LogP) is 2.00. The van der Waals surface area contributed by atoms with Gasteiger partial charge >= 0.3 is 5.97 Å². The molecule has 1 N–H and O–H groups in total. The zero-order valence-corrected chi connectivity index (χ0v) is 13.3. The minimum atomic E-state index is -3.40. The number of allylic oxidation sites excluding steroid dienone is 4. The highest BCUT2D eigenvalue weighted by molar-refractivity contribution is 7.88. The molecule has 21 heavy (non-hydrogen) atoms. The van der Waals surface area contributed by atoms with Gasteiger partial charge in [-0.25, -0.2) is 8.42 Å². The van der Waals surface area contributed by atoms with Crippen LogP contribution in [0.4, 0.5) is 0 Å². The number of likely N-dealkylation sites (N-methyl/N-ethyl adjacent to an activating group) is 1. The lowest BCUT2D eigenvalue weighted by molar-refractivity contribution is -0.140. The highest BCUT2D eigenvalue weighted by Gasteiger charge is 2.30. The third-order valence-corrected chi connectivity index (χ3v) is 5.27. The van der Waals surface area contributed by atoms with Crippen molar-refractivity contribution in [3.05, 3.63) is 35.6 Å².